The summed E-state index contributed by atoms with van der Waals surface area (Å²) in [4.78, 5) is 16.8. The van der Waals surface area contributed by atoms with Crippen molar-refractivity contribution in [3.05, 3.63) is 64.7 Å². The third-order valence-electron chi connectivity index (χ3n) is 3.88. The summed E-state index contributed by atoms with van der Waals surface area (Å²) < 4.78 is 2.09. The second-order valence-corrected chi connectivity index (χ2v) is 7.48. The Bertz CT molecular complexity index is 1000. The minimum Gasteiger partial charge on any atom is -0.319 e. The van der Waals surface area contributed by atoms with Crippen LogP contribution in [-0.2, 0) is 11.3 Å². The summed E-state index contributed by atoms with van der Waals surface area (Å²) in [5.41, 5.74) is 8.55. The Hall–Kier alpha value is -2.15. The van der Waals surface area contributed by atoms with E-state index in [0.717, 1.165) is 22.7 Å². The number of imidazole rings is 1. The van der Waals surface area contributed by atoms with E-state index in [4.69, 9.17) is 23.2 Å². The van der Waals surface area contributed by atoms with Crippen LogP contribution in [0.1, 0.15) is 12.5 Å². The molecule has 8 heteroatoms. The van der Waals surface area contributed by atoms with Crippen molar-refractivity contribution in [3.63, 3.8) is 0 Å². The van der Waals surface area contributed by atoms with Crippen LogP contribution in [0.15, 0.2) is 54.2 Å². The summed E-state index contributed by atoms with van der Waals surface area (Å²) in [6.45, 7) is 6.73. The minimum absolute atomic E-state index is 0.194. The number of rotatable bonds is 7. The Morgan fingerprint density at radius 3 is 2.74 bits per heavy atom. The number of fused-ring (bicyclic) bond motifs is 1. The minimum atomic E-state index is -0.194. The summed E-state index contributed by atoms with van der Waals surface area (Å²) in [5, 5.41) is 1.81. The largest absolute Gasteiger partial charge is 0.319 e. The quantitative estimate of drug-likeness (QED) is 0.427. The summed E-state index contributed by atoms with van der Waals surface area (Å²) in [5.74, 6) is 0.0266. The topological polar surface area (TPSA) is 58.9 Å². The van der Waals surface area contributed by atoms with E-state index in [-0.39, 0.29) is 11.7 Å². The molecule has 1 amide bonds. The molecule has 0 saturated carbocycles. The lowest BCUT2D eigenvalue weighted by Gasteiger charge is -2.12. The fourth-order valence-corrected chi connectivity index (χ4v) is 3.98. The Morgan fingerprint density at radius 1 is 1.22 bits per heavy atom. The van der Waals surface area contributed by atoms with Crippen molar-refractivity contribution in [1.82, 2.24) is 20.4 Å². The van der Waals surface area contributed by atoms with Crippen molar-refractivity contribution in [2.75, 3.05) is 5.75 Å². The standard InChI is InChI=1S/C19H18Cl2N4OS/c1-3-25-17-7-5-4-6-16(17)22-19(25)27-11-18(26)24-23-12(2)14-9-8-13(20)10-15(14)21/h4-10,23H,2-3,11H2,1H3,(H,24,26). The molecule has 0 spiro atoms. The van der Waals surface area contributed by atoms with Crippen LogP contribution in [0.25, 0.3) is 16.7 Å². The number of halogens is 2. The molecular formula is C19H18Cl2N4OS. The molecule has 2 aromatic carbocycles. The van der Waals surface area contributed by atoms with Gasteiger partial charge in [-0.05, 0) is 37.3 Å². The van der Waals surface area contributed by atoms with Crippen molar-refractivity contribution >= 4 is 57.6 Å². The van der Waals surface area contributed by atoms with E-state index < -0.39 is 0 Å². The molecular weight excluding hydrogens is 403 g/mol. The Balaban J connectivity index is 1.58. The molecule has 0 atom stereocenters. The first-order chi connectivity index (χ1) is 13.0. The van der Waals surface area contributed by atoms with Crippen LogP contribution < -0.4 is 10.9 Å². The zero-order valence-electron chi connectivity index (χ0n) is 14.6. The molecule has 140 valence electrons. The monoisotopic (exact) mass is 420 g/mol. The molecule has 3 rings (SSSR count). The van der Waals surface area contributed by atoms with Gasteiger partial charge in [0.1, 0.15) is 0 Å². The number of carbonyl (C=O) groups excluding carboxylic acids is 1. The van der Waals surface area contributed by atoms with Gasteiger partial charge in [-0.15, -0.1) is 0 Å². The number of thioether (sulfide) groups is 1. The predicted octanol–water partition coefficient (Wildman–Crippen LogP) is 4.75. The number of hydrazine groups is 1. The normalized spacial score (nSPS) is 10.8. The van der Waals surface area contributed by atoms with Crippen molar-refractivity contribution in [2.24, 2.45) is 0 Å². The van der Waals surface area contributed by atoms with E-state index in [1.54, 1.807) is 18.2 Å². The van der Waals surface area contributed by atoms with Gasteiger partial charge in [0.25, 0.3) is 0 Å². The smallest absolute Gasteiger partial charge is 0.248 e. The number of aromatic nitrogens is 2. The van der Waals surface area contributed by atoms with Crippen LogP contribution in [0.3, 0.4) is 0 Å². The van der Waals surface area contributed by atoms with Gasteiger partial charge in [0.05, 0.1) is 27.5 Å². The molecule has 2 N–H and O–H groups in total. The first-order valence-corrected chi connectivity index (χ1v) is 10.0. The lowest BCUT2D eigenvalue weighted by atomic mass is 10.2. The van der Waals surface area contributed by atoms with E-state index in [0.29, 0.717) is 21.3 Å². The molecule has 5 nitrogen and oxygen atoms in total. The SMILES string of the molecule is C=C(NNC(=O)CSc1nc2ccccc2n1CC)c1ccc(Cl)cc1Cl. The van der Waals surface area contributed by atoms with Crippen LogP contribution >= 0.6 is 35.0 Å². The summed E-state index contributed by atoms with van der Waals surface area (Å²) in [6, 6.07) is 13.0. The number of para-hydroxylation sites is 2. The van der Waals surface area contributed by atoms with Gasteiger partial charge in [0, 0.05) is 17.1 Å². The summed E-state index contributed by atoms with van der Waals surface area (Å²) >= 11 is 13.4. The first kappa shape index (κ1) is 19.6. The van der Waals surface area contributed by atoms with Crippen LogP contribution in [0, 0.1) is 0 Å². The number of benzene rings is 2. The van der Waals surface area contributed by atoms with Crippen LogP contribution in [0.5, 0.6) is 0 Å². The summed E-state index contributed by atoms with van der Waals surface area (Å²) in [6.07, 6.45) is 0. The third-order valence-corrected chi connectivity index (χ3v) is 5.40. The van der Waals surface area contributed by atoms with Crippen molar-refractivity contribution < 1.29 is 4.79 Å². The molecule has 0 fully saturated rings. The number of aryl methyl sites for hydroxylation is 1. The number of hydrogen-bond donors (Lipinski definition) is 2. The van der Waals surface area contributed by atoms with Gasteiger partial charge in [-0.3, -0.25) is 15.6 Å². The average molecular weight is 421 g/mol. The van der Waals surface area contributed by atoms with Crippen LogP contribution in [0.4, 0.5) is 0 Å². The number of hydrogen-bond acceptors (Lipinski definition) is 4. The molecule has 0 bridgehead atoms. The number of amides is 1. The molecule has 3 aromatic rings. The van der Waals surface area contributed by atoms with Gasteiger partial charge >= 0.3 is 0 Å². The second-order valence-electron chi connectivity index (χ2n) is 5.69. The van der Waals surface area contributed by atoms with E-state index in [1.165, 1.54) is 11.8 Å². The number of nitrogens with zero attached hydrogens (tertiary/aromatic N) is 2. The van der Waals surface area contributed by atoms with E-state index in [9.17, 15) is 4.79 Å². The highest BCUT2D eigenvalue weighted by Gasteiger charge is 2.12. The molecule has 1 heterocycles. The molecule has 27 heavy (non-hydrogen) atoms. The first-order valence-electron chi connectivity index (χ1n) is 8.27. The zero-order valence-corrected chi connectivity index (χ0v) is 17.0. The third kappa shape index (κ3) is 4.58. The Kier molecular flexibility index (Phi) is 6.31. The second kappa shape index (κ2) is 8.69. The maximum absolute atomic E-state index is 12.2. The highest BCUT2D eigenvalue weighted by molar-refractivity contribution is 7.99. The Labute approximate surface area is 171 Å². The predicted molar refractivity (Wildman–Crippen MR) is 113 cm³/mol. The molecule has 0 unspecified atom stereocenters. The fourth-order valence-electron chi connectivity index (χ4n) is 2.58. The highest BCUT2D eigenvalue weighted by atomic mass is 35.5. The molecule has 0 radical (unpaired) electrons. The summed E-state index contributed by atoms with van der Waals surface area (Å²) in [7, 11) is 0. The van der Waals surface area contributed by atoms with Gasteiger partial charge < -0.3 is 4.57 Å². The molecule has 0 aliphatic carbocycles. The van der Waals surface area contributed by atoms with Gasteiger partial charge in [-0.25, -0.2) is 4.98 Å². The van der Waals surface area contributed by atoms with Gasteiger partial charge in [0.15, 0.2) is 5.16 Å². The van der Waals surface area contributed by atoms with E-state index in [2.05, 4.69) is 33.9 Å². The average Bonchev–Trinajstić information content (AvgIpc) is 3.02. The van der Waals surface area contributed by atoms with Crippen LogP contribution in [-0.4, -0.2) is 21.2 Å². The molecule has 0 saturated heterocycles. The molecule has 0 aliphatic heterocycles. The fraction of sp³-hybridized carbons (Fsp3) is 0.158. The van der Waals surface area contributed by atoms with Gasteiger partial charge in [-0.1, -0.05) is 53.7 Å². The Morgan fingerprint density at radius 2 is 2.00 bits per heavy atom. The highest BCUT2D eigenvalue weighted by Crippen LogP contribution is 2.25. The van der Waals surface area contributed by atoms with E-state index in [1.807, 2.05) is 24.3 Å². The van der Waals surface area contributed by atoms with Gasteiger partial charge in [-0.2, -0.15) is 0 Å². The van der Waals surface area contributed by atoms with Crippen molar-refractivity contribution in [1.29, 1.82) is 0 Å². The number of carbonyl (C=O) groups is 1. The molecule has 1 aromatic heterocycles. The zero-order chi connectivity index (χ0) is 19.4. The van der Waals surface area contributed by atoms with E-state index >= 15 is 0 Å². The maximum atomic E-state index is 12.2. The lowest BCUT2D eigenvalue weighted by molar-refractivity contribution is -0.119. The van der Waals surface area contributed by atoms with Crippen molar-refractivity contribution in [2.45, 2.75) is 18.6 Å². The van der Waals surface area contributed by atoms with Gasteiger partial charge in [0.2, 0.25) is 5.91 Å². The number of nitrogens with one attached hydrogen (secondary N) is 2. The van der Waals surface area contributed by atoms with Crippen molar-refractivity contribution in [3.8, 4) is 0 Å². The maximum Gasteiger partial charge on any atom is 0.248 e. The van der Waals surface area contributed by atoms with Crippen LogP contribution in [0.2, 0.25) is 10.0 Å². The lowest BCUT2D eigenvalue weighted by Crippen LogP contribution is -2.37. The molecule has 0 aliphatic rings.